The lowest BCUT2D eigenvalue weighted by Gasteiger charge is -2.11. The molecule has 0 spiro atoms. The third kappa shape index (κ3) is 3.02. The van der Waals surface area contributed by atoms with E-state index in [0.717, 1.165) is 17.7 Å². The highest BCUT2D eigenvalue weighted by atomic mass is 35.5. The van der Waals surface area contributed by atoms with Crippen LogP contribution in [0.2, 0.25) is 5.02 Å². The summed E-state index contributed by atoms with van der Waals surface area (Å²) < 4.78 is 12.9. The molecule has 0 amide bonds. The maximum Gasteiger partial charge on any atom is 0.124 e. The Balaban J connectivity index is 2.11. The molecule has 0 saturated carbocycles. The molecule has 1 N–H and O–H groups in total. The van der Waals surface area contributed by atoms with E-state index < -0.39 is 0 Å². The molecule has 94 valence electrons. The van der Waals surface area contributed by atoms with Crippen LogP contribution < -0.4 is 5.32 Å². The highest BCUT2D eigenvalue weighted by molar-refractivity contribution is 6.31. The molecule has 0 aromatic heterocycles. The van der Waals surface area contributed by atoms with E-state index in [-0.39, 0.29) is 5.82 Å². The largest absolute Gasteiger partial charge is 0.381 e. The van der Waals surface area contributed by atoms with Crippen molar-refractivity contribution in [2.24, 2.45) is 0 Å². The second-order valence-corrected chi connectivity index (χ2v) is 4.51. The first-order valence-electron chi connectivity index (χ1n) is 5.96. The third-order valence-corrected chi connectivity index (χ3v) is 3.23. The molecular weight excluding hydrogens is 249 g/mol. The molecule has 18 heavy (non-hydrogen) atoms. The zero-order valence-corrected chi connectivity index (χ0v) is 11.0. The molecule has 0 aliphatic carbocycles. The highest BCUT2D eigenvalue weighted by Gasteiger charge is 2.03. The summed E-state index contributed by atoms with van der Waals surface area (Å²) in [6, 6.07) is 12.6. The van der Waals surface area contributed by atoms with Gasteiger partial charge in [0, 0.05) is 17.3 Å². The fourth-order valence-corrected chi connectivity index (χ4v) is 2.09. The molecule has 0 radical (unpaired) electrons. The molecule has 2 rings (SSSR count). The van der Waals surface area contributed by atoms with Crippen molar-refractivity contribution in [3.63, 3.8) is 0 Å². The fraction of sp³-hybridized carbons (Fsp3) is 0.200. The number of rotatable bonds is 4. The van der Waals surface area contributed by atoms with Gasteiger partial charge in [0.2, 0.25) is 0 Å². The predicted octanol–water partition coefficient (Wildman–Crippen LogP) is 4.65. The van der Waals surface area contributed by atoms with Crippen molar-refractivity contribution in [2.75, 3.05) is 5.32 Å². The van der Waals surface area contributed by atoms with Gasteiger partial charge in [-0.25, -0.2) is 4.39 Å². The van der Waals surface area contributed by atoms with Crippen LogP contribution in [0.4, 0.5) is 10.1 Å². The molecule has 1 nitrogen and oxygen atoms in total. The minimum atomic E-state index is -0.308. The molecule has 0 heterocycles. The van der Waals surface area contributed by atoms with E-state index in [1.807, 2.05) is 18.2 Å². The van der Waals surface area contributed by atoms with Crippen LogP contribution in [0, 0.1) is 5.82 Å². The van der Waals surface area contributed by atoms with E-state index in [0.29, 0.717) is 11.6 Å². The minimum Gasteiger partial charge on any atom is -0.381 e. The Morgan fingerprint density at radius 3 is 2.61 bits per heavy atom. The average Bonchev–Trinajstić information content (AvgIpc) is 2.38. The second kappa shape index (κ2) is 5.87. The van der Waals surface area contributed by atoms with Crippen LogP contribution in [-0.2, 0) is 13.0 Å². The van der Waals surface area contributed by atoms with Crippen LogP contribution in [0.3, 0.4) is 0 Å². The smallest absolute Gasteiger partial charge is 0.124 e. The summed E-state index contributed by atoms with van der Waals surface area (Å²) in [5.41, 5.74) is 3.25. The Kier molecular flexibility index (Phi) is 4.21. The van der Waals surface area contributed by atoms with Crippen LogP contribution in [-0.4, -0.2) is 0 Å². The van der Waals surface area contributed by atoms with Gasteiger partial charge < -0.3 is 5.32 Å². The lowest BCUT2D eigenvalue weighted by atomic mass is 10.1. The van der Waals surface area contributed by atoms with Gasteiger partial charge in [-0.1, -0.05) is 42.8 Å². The minimum absolute atomic E-state index is 0.308. The van der Waals surface area contributed by atoms with Gasteiger partial charge >= 0.3 is 0 Å². The van der Waals surface area contributed by atoms with Crippen LogP contribution in [0.5, 0.6) is 0 Å². The van der Waals surface area contributed by atoms with Crippen molar-refractivity contribution in [3.8, 4) is 0 Å². The van der Waals surface area contributed by atoms with Gasteiger partial charge in [-0.15, -0.1) is 0 Å². The van der Waals surface area contributed by atoms with Gasteiger partial charge in [-0.3, -0.25) is 0 Å². The molecule has 0 atom stereocenters. The first-order chi connectivity index (χ1) is 8.70. The summed E-state index contributed by atoms with van der Waals surface area (Å²) in [6.45, 7) is 2.71. The van der Waals surface area contributed by atoms with E-state index in [4.69, 9.17) is 11.6 Å². The topological polar surface area (TPSA) is 12.0 Å². The first-order valence-corrected chi connectivity index (χ1v) is 6.34. The van der Waals surface area contributed by atoms with Crippen molar-refractivity contribution < 1.29 is 4.39 Å². The number of nitrogens with one attached hydrogen (secondary N) is 1. The van der Waals surface area contributed by atoms with Crippen molar-refractivity contribution in [1.82, 2.24) is 0 Å². The van der Waals surface area contributed by atoms with Gasteiger partial charge in [0.05, 0.1) is 0 Å². The van der Waals surface area contributed by atoms with Crippen LogP contribution >= 0.6 is 11.6 Å². The number of para-hydroxylation sites is 1. The third-order valence-electron chi connectivity index (χ3n) is 2.88. The average molecular weight is 264 g/mol. The molecular formula is C15H15ClFN. The summed E-state index contributed by atoms with van der Waals surface area (Å²) in [6.07, 6.45) is 0.973. The number of hydrogen-bond acceptors (Lipinski definition) is 1. The first kappa shape index (κ1) is 12.9. The van der Waals surface area contributed by atoms with Crippen LogP contribution in [0.1, 0.15) is 18.1 Å². The number of benzene rings is 2. The SMILES string of the molecule is CCc1ccccc1NCc1ccc(F)cc1Cl. The van der Waals surface area contributed by atoms with Gasteiger partial charge in [-0.2, -0.15) is 0 Å². The fourth-order valence-electron chi connectivity index (χ4n) is 1.86. The normalized spacial score (nSPS) is 10.4. The summed E-state index contributed by atoms with van der Waals surface area (Å²) in [4.78, 5) is 0. The molecule has 0 bridgehead atoms. The molecule has 0 aliphatic rings. The molecule has 2 aromatic rings. The molecule has 3 heteroatoms. The maximum absolute atomic E-state index is 12.9. The van der Waals surface area contributed by atoms with E-state index in [1.165, 1.54) is 17.7 Å². The van der Waals surface area contributed by atoms with Crippen molar-refractivity contribution in [1.29, 1.82) is 0 Å². The lowest BCUT2D eigenvalue weighted by Crippen LogP contribution is -2.02. The Hall–Kier alpha value is -1.54. The quantitative estimate of drug-likeness (QED) is 0.846. The van der Waals surface area contributed by atoms with Crippen molar-refractivity contribution >= 4 is 17.3 Å². The Bertz CT molecular complexity index is 540. The number of halogens is 2. The zero-order chi connectivity index (χ0) is 13.0. The Labute approximate surface area is 112 Å². The molecule has 0 fully saturated rings. The zero-order valence-electron chi connectivity index (χ0n) is 10.2. The molecule has 0 unspecified atom stereocenters. The van der Waals surface area contributed by atoms with Gasteiger partial charge in [0.25, 0.3) is 0 Å². The second-order valence-electron chi connectivity index (χ2n) is 4.10. The van der Waals surface area contributed by atoms with Crippen molar-refractivity contribution in [2.45, 2.75) is 19.9 Å². The highest BCUT2D eigenvalue weighted by Crippen LogP contribution is 2.20. The molecule has 0 aliphatic heterocycles. The summed E-state index contributed by atoms with van der Waals surface area (Å²) in [5.74, 6) is -0.308. The number of hydrogen-bond donors (Lipinski definition) is 1. The molecule has 2 aromatic carbocycles. The standard InChI is InChI=1S/C15H15ClFN/c1-2-11-5-3-4-6-15(11)18-10-12-7-8-13(17)9-14(12)16/h3-9,18H,2,10H2,1H3. The predicted molar refractivity (Wildman–Crippen MR) is 74.6 cm³/mol. The monoisotopic (exact) mass is 263 g/mol. The van der Waals surface area contributed by atoms with Gasteiger partial charge in [-0.05, 0) is 35.7 Å². The summed E-state index contributed by atoms with van der Waals surface area (Å²) in [5, 5.41) is 3.79. The van der Waals surface area contributed by atoms with E-state index in [2.05, 4.69) is 18.3 Å². The van der Waals surface area contributed by atoms with Crippen LogP contribution in [0.25, 0.3) is 0 Å². The molecule has 0 saturated heterocycles. The van der Waals surface area contributed by atoms with Gasteiger partial charge in [0.15, 0.2) is 0 Å². The number of aryl methyl sites for hydroxylation is 1. The van der Waals surface area contributed by atoms with E-state index in [1.54, 1.807) is 6.07 Å². The summed E-state index contributed by atoms with van der Waals surface area (Å²) >= 11 is 5.99. The Morgan fingerprint density at radius 1 is 1.11 bits per heavy atom. The lowest BCUT2D eigenvalue weighted by molar-refractivity contribution is 0.627. The Morgan fingerprint density at radius 2 is 1.89 bits per heavy atom. The van der Waals surface area contributed by atoms with Crippen molar-refractivity contribution in [3.05, 3.63) is 64.4 Å². The number of anilines is 1. The van der Waals surface area contributed by atoms with Crippen LogP contribution in [0.15, 0.2) is 42.5 Å². The maximum atomic E-state index is 12.9. The van der Waals surface area contributed by atoms with E-state index >= 15 is 0 Å². The van der Waals surface area contributed by atoms with E-state index in [9.17, 15) is 4.39 Å². The van der Waals surface area contributed by atoms with Gasteiger partial charge in [0.1, 0.15) is 5.82 Å². The summed E-state index contributed by atoms with van der Waals surface area (Å²) in [7, 11) is 0.